The number of esters is 1. The number of amides is 1. The molecule has 0 aliphatic heterocycles. The van der Waals surface area contributed by atoms with Crippen molar-refractivity contribution < 1.29 is 14.3 Å². The summed E-state index contributed by atoms with van der Waals surface area (Å²) in [6.45, 7) is 0. The second-order valence-electron chi connectivity index (χ2n) is 4.71. The SMILES string of the molecule is COC(=O)c1ccc(/C=N/NC(=O)Cc2ccc(Br)cc2)cc1. The summed E-state index contributed by atoms with van der Waals surface area (Å²) >= 11 is 3.34. The maximum absolute atomic E-state index is 11.8. The highest BCUT2D eigenvalue weighted by Gasteiger charge is 2.04. The zero-order chi connectivity index (χ0) is 16.7. The largest absolute Gasteiger partial charge is 0.465 e. The fraction of sp³-hybridized carbons (Fsp3) is 0.118. The summed E-state index contributed by atoms with van der Waals surface area (Å²) < 4.78 is 5.59. The summed E-state index contributed by atoms with van der Waals surface area (Å²) in [5.41, 5.74) is 4.60. The molecule has 0 radical (unpaired) electrons. The van der Waals surface area contributed by atoms with E-state index in [0.29, 0.717) is 5.56 Å². The van der Waals surface area contributed by atoms with Crippen molar-refractivity contribution in [1.82, 2.24) is 5.43 Å². The van der Waals surface area contributed by atoms with Gasteiger partial charge < -0.3 is 4.74 Å². The van der Waals surface area contributed by atoms with Gasteiger partial charge in [-0.3, -0.25) is 4.79 Å². The lowest BCUT2D eigenvalue weighted by Crippen LogP contribution is -2.19. The molecule has 2 aromatic carbocycles. The Bertz CT molecular complexity index is 710. The molecular formula is C17H15BrN2O3. The highest BCUT2D eigenvalue weighted by molar-refractivity contribution is 9.10. The molecule has 0 saturated carbocycles. The normalized spacial score (nSPS) is 10.5. The number of nitrogens with one attached hydrogen (secondary N) is 1. The van der Waals surface area contributed by atoms with Crippen molar-refractivity contribution in [1.29, 1.82) is 0 Å². The van der Waals surface area contributed by atoms with E-state index in [9.17, 15) is 9.59 Å². The lowest BCUT2D eigenvalue weighted by Gasteiger charge is -2.01. The van der Waals surface area contributed by atoms with E-state index in [1.54, 1.807) is 24.3 Å². The van der Waals surface area contributed by atoms with E-state index in [4.69, 9.17) is 0 Å². The van der Waals surface area contributed by atoms with E-state index in [1.807, 2.05) is 24.3 Å². The smallest absolute Gasteiger partial charge is 0.337 e. The maximum atomic E-state index is 11.8. The van der Waals surface area contributed by atoms with Gasteiger partial charge in [0.15, 0.2) is 0 Å². The second-order valence-corrected chi connectivity index (χ2v) is 5.63. The number of benzene rings is 2. The van der Waals surface area contributed by atoms with Crippen LogP contribution >= 0.6 is 15.9 Å². The molecule has 6 heteroatoms. The molecule has 0 heterocycles. The summed E-state index contributed by atoms with van der Waals surface area (Å²) in [4.78, 5) is 23.1. The van der Waals surface area contributed by atoms with Crippen LogP contribution in [0.3, 0.4) is 0 Å². The van der Waals surface area contributed by atoms with E-state index in [2.05, 4.69) is 31.2 Å². The third kappa shape index (κ3) is 5.34. The third-order valence-corrected chi connectivity index (χ3v) is 3.54. The van der Waals surface area contributed by atoms with E-state index in [1.165, 1.54) is 13.3 Å². The molecule has 1 amide bonds. The monoisotopic (exact) mass is 374 g/mol. The predicted octanol–water partition coefficient (Wildman–Crippen LogP) is 2.93. The Balaban J connectivity index is 1.87. The molecule has 23 heavy (non-hydrogen) atoms. The van der Waals surface area contributed by atoms with Crippen LogP contribution in [-0.4, -0.2) is 25.2 Å². The molecule has 0 spiro atoms. The van der Waals surface area contributed by atoms with Crippen LogP contribution in [0, 0.1) is 0 Å². The van der Waals surface area contributed by atoms with Crippen molar-refractivity contribution in [2.45, 2.75) is 6.42 Å². The average molecular weight is 375 g/mol. The summed E-state index contributed by atoms with van der Waals surface area (Å²) in [6, 6.07) is 14.2. The van der Waals surface area contributed by atoms with Crippen LogP contribution in [0.5, 0.6) is 0 Å². The minimum atomic E-state index is -0.392. The van der Waals surface area contributed by atoms with Gasteiger partial charge in [0.1, 0.15) is 0 Å². The first-order valence-electron chi connectivity index (χ1n) is 6.83. The van der Waals surface area contributed by atoms with Crippen molar-refractivity contribution in [2.75, 3.05) is 7.11 Å². The molecule has 0 saturated heterocycles. The fourth-order valence-corrected chi connectivity index (χ4v) is 2.09. The van der Waals surface area contributed by atoms with Gasteiger partial charge >= 0.3 is 5.97 Å². The number of nitrogens with zero attached hydrogens (tertiary/aromatic N) is 1. The number of hydrogen-bond donors (Lipinski definition) is 1. The Kier molecular flexibility index (Phi) is 6.05. The molecule has 0 aliphatic carbocycles. The molecule has 0 bridgehead atoms. The summed E-state index contributed by atoms with van der Waals surface area (Å²) in [7, 11) is 1.33. The number of ether oxygens (including phenoxy) is 1. The van der Waals surface area contributed by atoms with Crippen molar-refractivity contribution >= 4 is 34.0 Å². The van der Waals surface area contributed by atoms with E-state index >= 15 is 0 Å². The number of hydrazone groups is 1. The maximum Gasteiger partial charge on any atom is 0.337 e. The number of hydrogen-bond acceptors (Lipinski definition) is 4. The first-order valence-corrected chi connectivity index (χ1v) is 7.62. The highest BCUT2D eigenvalue weighted by Crippen LogP contribution is 2.10. The number of carbonyl (C=O) groups is 2. The highest BCUT2D eigenvalue weighted by atomic mass is 79.9. The van der Waals surface area contributed by atoms with Crippen LogP contribution in [-0.2, 0) is 16.0 Å². The molecule has 0 unspecified atom stereocenters. The Morgan fingerprint density at radius 3 is 2.39 bits per heavy atom. The van der Waals surface area contributed by atoms with Gasteiger partial charge in [0.05, 0.1) is 25.3 Å². The molecule has 118 valence electrons. The predicted molar refractivity (Wildman–Crippen MR) is 91.4 cm³/mol. The van der Waals surface area contributed by atoms with Crippen LogP contribution in [0.25, 0.3) is 0 Å². The molecule has 0 aliphatic rings. The van der Waals surface area contributed by atoms with Crippen molar-refractivity contribution in [3.05, 3.63) is 69.7 Å². The Labute approximate surface area is 142 Å². The number of halogens is 1. The summed E-state index contributed by atoms with van der Waals surface area (Å²) in [6.07, 6.45) is 1.77. The van der Waals surface area contributed by atoms with Gasteiger partial charge in [0.25, 0.3) is 0 Å². The van der Waals surface area contributed by atoms with Crippen LogP contribution < -0.4 is 5.43 Å². The Morgan fingerprint density at radius 1 is 1.13 bits per heavy atom. The van der Waals surface area contributed by atoms with Gasteiger partial charge in [-0.1, -0.05) is 40.2 Å². The van der Waals surface area contributed by atoms with E-state index in [-0.39, 0.29) is 12.3 Å². The number of carbonyl (C=O) groups excluding carboxylic acids is 2. The number of methoxy groups -OCH3 is 1. The van der Waals surface area contributed by atoms with E-state index in [0.717, 1.165) is 15.6 Å². The van der Waals surface area contributed by atoms with Crippen LogP contribution in [0.1, 0.15) is 21.5 Å². The van der Waals surface area contributed by atoms with Crippen LogP contribution in [0.2, 0.25) is 0 Å². The van der Waals surface area contributed by atoms with Gasteiger partial charge in [-0.25, -0.2) is 10.2 Å². The minimum absolute atomic E-state index is 0.199. The lowest BCUT2D eigenvalue weighted by atomic mass is 10.1. The zero-order valence-corrected chi connectivity index (χ0v) is 14.0. The molecule has 0 fully saturated rings. The second kappa shape index (κ2) is 8.24. The fourth-order valence-electron chi connectivity index (χ4n) is 1.83. The van der Waals surface area contributed by atoms with Gasteiger partial charge in [-0.2, -0.15) is 5.10 Å². The first kappa shape index (κ1) is 16.9. The topological polar surface area (TPSA) is 67.8 Å². The molecule has 0 atom stereocenters. The Hall–Kier alpha value is -2.47. The summed E-state index contributed by atoms with van der Waals surface area (Å²) in [5.74, 6) is -0.592. The first-order chi connectivity index (χ1) is 11.1. The van der Waals surface area contributed by atoms with Crippen molar-refractivity contribution in [3.63, 3.8) is 0 Å². The molecular weight excluding hydrogens is 360 g/mol. The Morgan fingerprint density at radius 2 is 1.78 bits per heavy atom. The zero-order valence-electron chi connectivity index (χ0n) is 12.5. The average Bonchev–Trinajstić information content (AvgIpc) is 2.57. The van der Waals surface area contributed by atoms with Gasteiger partial charge in [-0.15, -0.1) is 0 Å². The molecule has 2 rings (SSSR count). The number of rotatable bonds is 5. The third-order valence-electron chi connectivity index (χ3n) is 3.01. The molecule has 0 aromatic heterocycles. The van der Waals surface area contributed by atoms with Crippen LogP contribution in [0.4, 0.5) is 0 Å². The van der Waals surface area contributed by atoms with Gasteiger partial charge in [-0.05, 0) is 35.4 Å². The van der Waals surface area contributed by atoms with Crippen LogP contribution in [0.15, 0.2) is 58.1 Å². The standard InChI is InChI=1S/C17H15BrN2O3/c1-23-17(22)14-6-2-13(3-7-14)11-19-20-16(21)10-12-4-8-15(18)9-5-12/h2-9,11H,10H2,1H3,(H,20,21)/b19-11+. The van der Waals surface area contributed by atoms with E-state index < -0.39 is 5.97 Å². The summed E-state index contributed by atoms with van der Waals surface area (Å²) in [5, 5.41) is 3.90. The molecule has 5 nitrogen and oxygen atoms in total. The molecule has 1 N–H and O–H groups in total. The van der Waals surface area contributed by atoms with Crippen molar-refractivity contribution in [3.8, 4) is 0 Å². The van der Waals surface area contributed by atoms with Crippen molar-refractivity contribution in [2.24, 2.45) is 5.10 Å². The van der Waals surface area contributed by atoms with Gasteiger partial charge in [0, 0.05) is 4.47 Å². The minimum Gasteiger partial charge on any atom is -0.465 e. The van der Waals surface area contributed by atoms with Gasteiger partial charge in [0.2, 0.25) is 5.91 Å². The quantitative estimate of drug-likeness (QED) is 0.497. The molecule has 2 aromatic rings. The lowest BCUT2D eigenvalue weighted by molar-refractivity contribution is -0.120.